The summed E-state index contributed by atoms with van der Waals surface area (Å²) in [6.07, 6.45) is 0.278. The Morgan fingerprint density at radius 3 is 2.46 bits per heavy atom. The molecule has 64 valence electrons. The topological polar surface area (TPSA) is 36.7 Å². The van der Waals surface area contributed by atoms with Gasteiger partial charge in [-0.1, -0.05) is 11.8 Å². The van der Waals surface area contributed by atoms with E-state index in [1.165, 1.54) is 0 Å². The van der Waals surface area contributed by atoms with Gasteiger partial charge in [0.25, 0.3) is 0 Å². The molecule has 0 spiro atoms. The second-order valence-corrected chi connectivity index (χ2v) is 2.78. The van der Waals surface area contributed by atoms with E-state index in [0.29, 0.717) is 0 Å². The third-order valence-electron chi connectivity index (χ3n) is 1.48. The molecule has 2 heteroatoms. The van der Waals surface area contributed by atoms with E-state index in [4.69, 9.17) is 5.26 Å². The number of rotatable bonds is 0. The number of aryl methyl sites for hydroxylation is 2. The van der Waals surface area contributed by atoms with Crippen LogP contribution in [0.3, 0.4) is 0 Å². The monoisotopic (exact) mass is 170 g/mol. The normalized spacial score (nSPS) is 8.38. The molecule has 0 saturated carbocycles. The molecule has 0 aliphatic heterocycles. The molecule has 0 atom stereocenters. The van der Waals surface area contributed by atoms with Gasteiger partial charge in [0.15, 0.2) is 0 Å². The van der Waals surface area contributed by atoms with Gasteiger partial charge in [-0.2, -0.15) is 5.26 Å². The van der Waals surface area contributed by atoms with E-state index in [0.717, 1.165) is 17.0 Å². The predicted octanol–water partition coefficient (Wildman–Crippen LogP) is 1.96. The molecule has 1 aromatic rings. The Balaban J connectivity index is 2.92. The molecule has 0 aromatic carbocycles. The Morgan fingerprint density at radius 2 is 1.92 bits per heavy atom. The van der Waals surface area contributed by atoms with Gasteiger partial charge in [-0.05, 0) is 26.0 Å². The number of pyridine rings is 1. The first-order valence-corrected chi connectivity index (χ1v) is 4.03. The van der Waals surface area contributed by atoms with Crippen LogP contribution in [-0.4, -0.2) is 4.98 Å². The van der Waals surface area contributed by atoms with Crippen molar-refractivity contribution >= 4 is 0 Å². The lowest BCUT2D eigenvalue weighted by Gasteiger charge is -1.96. The fraction of sp³-hybridized carbons (Fsp3) is 0.273. The summed E-state index contributed by atoms with van der Waals surface area (Å²) in [5, 5.41) is 8.29. The van der Waals surface area contributed by atoms with Crippen LogP contribution in [-0.2, 0) is 0 Å². The highest BCUT2D eigenvalue weighted by Crippen LogP contribution is 2.02. The van der Waals surface area contributed by atoms with Crippen LogP contribution >= 0.6 is 0 Å². The quantitative estimate of drug-likeness (QED) is 0.558. The lowest BCUT2D eigenvalue weighted by atomic mass is 10.2. The molecule has 1 aromatic heterocycles. The molecule has 0 aliphatic rings. The minimum Gasteiger partial charge on any atom is -0.258 e. The third-order valence-corrected chi connectivity index (χ3v) is 1.48. The lowest BCUT2D eigenvalue weighted by molar-refractivity contribution is 1.12. The van der Waals surface area contributed by atoms with E-state index in [1.807, 2.05) is 32.0 Å². The van der Waals surface area contributed by atoms with Crippen molar-refractivity contribution in [1.29, 1.82) is 5.26 Å². The van der Waals surface area contributed by atoms with Crippen LogP contribution in [0.4, 0.5) is 0 Å². The largest absolute Gasteiger partial charge is 0.258 e. The Morgan fingerprint density at radius 1 is 1.31 bits per heavy atom. The molecule has 1 rings (SSSR count). The smallest absolute Gasteiger partial charge is 0.0966 e. The molecule has 0 aliphatic carbocycles. The summed E-state index contributed by atoms with van der Waals surface area (Å²) in [4.78, 5) is 4.23. The molecule has 1 heterocycles. The van der Waals surface area contributed by atoms with Crippen molar-refractivity contribution in [3.05, 3.63) is 29.1 Å². The van der Waals surface area contributed by atoms with E-state index >= 15 is 0 Å². The molecule has 0 saturated heterocycles. The standard InChI is InChI=1S/C11H10N2/c1-9-7-11(5-3-4-6-12)8-10(2)13-9/h7-8H,4H2,1-2H3. The molecule has 0 N–H and O–H groups in total. The van der Waals surface area contributed by atoms with Gasteiger partial charge in [-0.25, -0.2) is 0 Å². The average molecular weight is 170 g/mol. The average Bonchev–Trinajstić information content (AvgIpc) is 2.03. The van der Waals surface area contributed by atoms with Gasteiger partial charge in [0.2, 0.25) is 0 Å². The van der Waals surface area contributed by atoms with Crippen LogP contribution in [0.15, 0.2) is 12.1 Å². The van der Waals surface area contributed by atoms with Crippen LogP contribution in [0, 0.1) is 37.0 Å². The first-order valence-electron chi connectivity index (χ1n) is 4.03. The summed E-state index contributed by atoms with van der Waals surface area (Å²) in [5.41, 5.74) is 2.85. The summed E-state index contributed by atoms with van der Waals surface area (Å²) in [7, 11) is 0. The highest BCUT2D eigenvalue weighted by molar-refractivity contribution is 5.36. The molecular weight excluding hydrogens is 160 g/mol. The molecule has 13 heavy (non-hydrogen) atoms. The van der Waals surface area contributed by atoms with Gasteiger partial charge < -0.3 is 0 Å². The van der Waals surface area contributed by atoms with Crippen molar-refractivity contribution in [3.63, 3.8) is 0 Å². The minimum absolute atomic E-state index is 0.278. The van der Waals surface area contributed by atoms with Crippen molar-refractivity contribution in [3.8, 4) is 17.9 Å². The minimum atomic E-state index is 0.278. The van der Waals surface area contributed by atoms with Gasteiger partial charge in [0, 0.05) is 17.0 Å². The fourth-order valence-electron chi connectivity index (χ4n) is 1.09. The van der Waals surface area contributed by atoms with Crippen molar-refractivity contribution in [1.82, 2.24) is 4.98 Å². The number of aromatic nitrogens is 1. The molecule has 0 radical (unpaired) electrons. The second kappa shape index (κ2) is 4.28. The highest BCUT2D eigenvalue weighted by Gasteiger charge is 1.92. The van der Waals surface area contributed by atoms with Crippen molar-refractivity contribution in [2.75, 3.05) is 0 Å². The first kappa shape index (κ1) is 9.29. The van der Waals surface area contributed by atoms with Crippen molar-refractivity contribution in [2.45, 2.75) is 20.3 Å². The maximum atomic E-state index is 8.29. The molecule has 2 nitrogen and oxygen atoms in total. The second-order valence-electron chi connectivity index (χ2n) is 2.78. The summed E-state index contributed by atoms with van der Waals surface area (Å²) >= 11 is 0. The molecule has 0 fully saturated rings. The van der Waals surface area contributed by atoms with Crippen LogP contribution < -0.4 is 0 Å². The van der Waals surface area contributed by atoms with Crippen molar-refractivity contribution < 1.29 is 0 Å². The van der Waals surface area contributed by atoms with E-state index in [-0.39, 0.29) is 6.42 Å². The van der Waals surface area contributed by atoms with Crippen LogP contribution in [0.5, 0.6) is 0 Å². The number of nitrogens with zero attached hydrogens (tertiary/aromatic N) is 2. The first-order chi connectivity index (χ1) is 6.22. The molecule has 0 unspecified atom stereocenters. The van der Waals surface area contributed by atoms with Crippen LogP contribution in [0.1, 0.15) is 23.4 Å². The van der Waals surface area contributed by atoms with Crippen LogP contribution in [0.25, 0.3) is 0 Å². The third kappa shape index (κ3) is 2.97. The fourth-order valence-corrected chi connectivity index (χ4v) is 1.09. The zero-order valence-corrected chi connectivity index (χ0v) is 7.76. The van der Waals surface area contributed by atoms with Gasteiger partial charge in [0.05, 0.1) is 12.5 Å². The maximum Gasteiger partial charge on any atom is 0.0966 e. The van der Waals surface area contributed by atoms with E-state index in [9.17, 15) is 0 Å². The van der Waals surface area contributed by atoms with Gasteiger partial charge in [-0.15, -0.1) is 0 Å². The zero-order valence-electron chi connectivity index (χ0n) is 7.76. The van der Waals surface area contributed by atoms with Gasteiger partial charge in [-0.3, -0.25) is 4.98 Å². The van der Waals surface area contributed by atoms with Crippen LogP contribution in [0.2, 0.25) is 0 Å². The summed E-state index contributed by atoms with van der Waals surface area (Å²) in [6.45, 7) is 3.87. The van der Waals surface area contributed by atoms with Gasteiger partial charge >= 0.3 is 0 Å². The summed E-state index contributed by atoms with van der Waals surface area (Å²) in [6, 6.07) is 5.81. The predicted molar refractivity (Wildman–Crippen MR) is 50.8 cm³/mol. The molecule has 0 amide bonds. The Hall–Kier alpha value is -1.80. The maximum absolute atomic E-state index is 8.29. The summed E-state index contributed by atoms with van der Waals surface area (Å²) < 4.78 is 0. The molecule has 0 bridgehead atoms. The zero-order chi connectivity index (χ0) is 9.68. The molecular formula is C11H10N2. The van der Waals surface area contributed by atoms with Crippen molar-refractivity contribution in [2.24, 2.45) is 0 Å². The number of hydrogen-bond acceptors (Lipinski definition) is 2. The van der Waals surface area contributed by atoms with E-state index in [1.54, 1.807) is 0 Å². The summed E-state index contributed by atoms with van der Waals surface area (Å²) in [5.74, 6) is 5.68. The number of nitriles is 1. The van der Waals surface area contributed by atoms with E-state index < -0.39 is 0 Å². The Bertz CT molecular complexity index is 382. The number of hydrogen-bond donors (Lipinski definition) is 0. The van der Waals surface area contributed by atoms with Gasteiger partial charge in [0.1, 0.15) is 0 Å². The highest BCUT2D eigenvalue weighted by atomic mass is 14.7. The van der Waals surface area contributed by atoms with E-state index in [2.05, 4.69) is 16.8 Å². The Labute approximate surface area is 78.2 Å². The lowest BCUT2D eigenvalue weighted by Crippen LogP contribution is -1.87. The SMILES string of the molecule is Cc1cc(C#CCC#N)cc(C)n1. The Kier molecular flexibility index (Phi) is 3.06.